The number of hydrogen-bond acceptors (Lipinski definition) is 6. The molecule has 0 amide bonds. The number of hydrogen-bond donors (Lipinski definition) is 2. The molecule has 0 aliphatic carbocycles. The SMILES string of the molecule is CNc1nc(Nc2ccc(F)cc2F)nc(N(C)C)n1. The Labute approximate surface area is 114 Å². The van der Waals surface area contributed by atoms with E-state index >= 15 is 0 Å². The molecule has 2 aromatic rings. The summed E-state index contributed by atoms with van der Waals surface area (Å²) in [6, 6.07) is 3.22. The van der Waals surface area contributed by atoms with E-state index in [0.717, 1.165) is 12.1 Å². The Hall–Kier alpha value is -2.51. The predicted molar refractivity (Wildman–Crippen MR) is 73.3 cm³/mol. The summed E-state index contributed by atoms with van der Waals surface area (Å²) in [5, 5.41) is 5.49. The van der Waals surface area contributed by atoms with E-state index in [-0.39, 0.29) is 11.6 Å². The maximum Gasteiger partial charge on any atom is 0.233 e. The zero-order valence-electron chi connectivity index (χ0n) is 11.3. The van der Waals surface area contributed by atoms with E-state index in [4.69, 9.17) is 0 Å². The van der Waals surface area contributed by atoms with Gasteiger partial charge in [0.25, 0.3) is 0 Å². The Balaban J connectivity index is 2.34. The first-order valence-electron chi connectivity index (χ1n) is 5.83. The van der Waals surface area contributed by atoms with Crippen molar-refractivity contribution in [2.75, 3.05) is 36.7 Å². The average molecular weight is 280 g/mol. The first-order valence-corrected chi connectivity index (χ1v) is 5.83. The third kappa shape index (κ3) is 3.08. The van der Waals surface area contributed by atoms with Crippen LogP contribution in [0.3, 0.4) is 0 Å². The molecule has 0 fully saturated rings. The molecule has 0 spiro atoms. The van der Waals surface area contributed by atoms with Gasteiger partial charge in [0.15, 0.2) is 0 Å². The fourth-order valence-corrected chi connectivity index (χ4v) is 1.44. The van der Waals surface area contributed by atoms with Gasteiger partial charge in [-0.25, -0.2) is 8.78 Å². The largest absolute Gasteiger partial charge is 0.357 e. The molecule has 1 aromatic heterocycles. The second-order valence-corrected chi connectivity index (χ2v) is 4.18. The van der Waals surface area contributed by atoms with Crippen LogP contribution in [0.4, 0.5) is 32.3 Å². The summed E-state index contributed by atoms with van der Waals surface area (Å²) >= 11 is 0. The van der Waals surface area contributed by atoms with Gasteiger partial charge in [-0.3, -0.25) is 0 Å². The van der Waals surface area contributed by atoms with E-state index in [1.165, 1.54) is 6.07 Å². The molecule has 6 nitrogen and oxygen atoms in total. The van der Waals surface area contributed by atoms with Crippen molar-refractivity contribution in [2.45, 2.75) is 0 Å². The molecule has 0 atom stereocenters. The van der Waals surface area contributed by atoms with Gasteiger partial charge in [-0.15, -0.1) is 0 Å². The van der Waals surface area contributed by atoms with Gasteiger partial charge >= 0.3 is 0 Å². The van der Waals surface area contributed by atoms with E-state index in [1.807, 2.05) is 0 Å². The molecular formula is C12H14F2N6. The highest BCUT2D eigenvalue weighted by Crippen LogP contribution is 2.20. The summed E-state index contributed by atoms with van der Waals surface area (Å²) in [7, 11) is 5.21. The monoisotopic (exact) mass is 280 g/mol. The van der Waals surface area contributed by atoms with Crippen molar-refractivity contribution in [1.29, 1.82) is 0 Å². The number of benzene rings is 1. The summed E-state index contributed by atoms with van der Waals surface area (Å²) in [4.78, 5) is 14.0. The highest BCUT2D eigenvalue weighted by atomic mass is 19.1. The summed E-state index contributed by atoms with van der Waals surface area (Å²) in [5.41, 5.74) is 0.0874. The van der Waals surface area contributed by atoms with Gasteiger partial charge < -0.3 is 15.5 Å². The van der Waals surface area contributed by atoms with Crippen molar-refractivity contribution in [3.05, 3.63) is 29.8 Å². The van der Waals surface area contributed by atoms with E-state index in [0.29, 0.717) is 11.9 Å². The van der Waals surface area contributed by atoms with Gasteiger partial charge in [-0.2, -0.15) is 15.0 Å². The van der Waals surface area contributed by atoms with Gasteiger partial charge in [0.1, 0.15) is 11.6 Å². The molecule has 0 unspecified atom stereocenters. The van der Waals surface area contributed by atoms with Crippen LogP contribution in [0.15, 0.2) is 18.2 Å². The lowest BCUT2D eigenvalue weighted by Gasteiger charge is -2.13. The topological polar surface area (TPSA) is 66.0 Å². The molecule has 0 aliphatic rings. The zero-order valence-corrected chi connectivity index (χ0v) is 11.3. The average Bonchev–Trinajstić information content (AvgIpc) is 2.41. The van der Waals surface area contributed by atoms with E-state index in [9.17, 15) is 8.78 Å². The molecule has 2 rings (SSSR count). The van der Waals surface area contributed by atoms with Gasteiger partial charge in [-0.1, -0.05) is 0 Å². The molecule has 0 saturated carbocycles. The third-order valence-corrected chi connectivity index (χ3v) is 2.42. The van der Waals surface area contributed by atoms with Crippen LogP contribution in [0, 0.1) is 11.6 Å². The zero-order chi connectivity index (χ0) is 14.7. The maximum absolute atomic E-state index is 13.6. The van der Waals surface area contributed by atoms with Crippen LogP contribution < -0.4 is 15.5 Å². The van der Waals surface area contributed by atoms with Gasteiger partial charge in [0, 0.05) is 27.2 Å². The fourth-order valence-electron chi connectivity index (χ4n) is 1.44. The van der Waals surface area contributed by atoms with Crippen LogP contribution in [0.1, 0.15) is 0 Å². The Bertz CT molecular complexity index is 617. The standard InChI is InChI=1S/C12H14F2N6/c1-15-10-17-11(19-12(18-10)20(2)3)16-9-5-4-7(13)6-8(9)14/h4-6H,1-3H3,(H2,15,16,17,18,19). The summed E-state index contributed by atoms with van der Waals surface area (Å²) in [5.74, 6) is -0.446. The molecule has 8 heteroatoms. The first kappa shape index (κ1) is 13.9. The summed E-state index contributed by atoms with van der Waals surface area (Å²) in [6.45, 7) is 0. The van der Waals surface area contributed by atoms with E-state index in [2.05, 4.69) is 25.6 Å². The van der Waals surface area contributed by atoms with Crippen molar-refractivity contribution in [3.8, 4) is 0 Å². The molecule has 1 aromatic carbocycles. The van der Waals surface area contributed by atoms with Crippen LogP contribution in [-0.4, -0.2) is 36.1 Å². The van der Waals surface area contributed by atoms with Crippen LogP contribution in [-0.2, 0) is 0 Å². The molecule has 1 heterocycles. The lowest BCUT2D eigenvalue weighted by molar-refractivity contribution is 0.586. The minimum atomic E-state index is -0.720. The number of nitrogens with zero attached hydrogens (tertiary/aromatic N) is 4. The van der Waals surface area contributed by atoms with Crippen LogP contribution in [0.25, 0.3) is 0 Å². The molecule has 20 heavy (non-hydrogen) atoms. The Kier molecular flexibility index (Phi) is 3.92. The highest BCUT2D eigenvalue weighted by molar-refractivity contribution is 5.56. The minimum Gasteiger partial charge on any atom is -0.357 e. The van der Waals surface area contributed by atoms with Crippen LogP contribution in [0.2, 0.25) is 0 Å². The molecule has 0 aliphatic heterocycles. The number of rotatable bonds is 4. The van der Waals surface area contributed by atoms with Crippen molar-refractivity contribution < 1.29 is 8.78 Å². The number of nitrogens with one attached hydrogen (secondary N) is 2. The Morgan fingerprint density at radius 2 is 1.75 bits per heavy atom. The van der Waals surface area contributed by atoms with Gasteiger partial charge in [-0.05, 0) is 12.1 Å². The quantitative estimate of drug-likeness (QED) is 0.893. The maximum atomic E-state index is 13.6. The second-order valence-electron chi connectivity index (χ2n) is 4.18. The van der Waals surface area contributed by atoms with Crippen molar-refractivity contribution in [1.82, 2.24) is 15.0 Å². The van der Waals surface area contributed by atoms with Crippen molar-refractivity contribution >= 4 is 23.5 Å². The number of aromatic nitrogens is 3. The van der Waals surface area contributed by atoms with Gasteiger partial charge in [0.2, 0.25) is 17.8 Å². The normalized spacial score (nSPS) is 10.2. The Morgan fingerprint density at radius 1 is 1.05 bits per heavy atom. The summed E-state index contributed by atoms with van der Waals surface area (Å²) < 4.78 is 26.4. The highest BCUT2D eigenvalue weighted by Gasteiger charge is 2.10. The van der Waals surface area contributed by atoms with E-state index in [1.54, 1.807) is 26.0 Å². The third-order valence-electron chi connectivity index (χ3n) is 2.42. The fraction of sp³-hybridized carbons (Fsp3) is 0.250. The van der Waals surface area contributed by atoms with Crippen LogP contribution >= 0.6 is 0 Å². The number of halogens is 2. The Morgan fingerprint density at radius 3 is 2.35 bits per heavy atom. The van der Waals surface area contributed by atoms with E-state index < -0.39 is 11.6 Å². The molecule has 106 valence electrons. The lowest BCUT2D eigenvalue weighted by Crippen LogP contribution is -2.15. The first-order chi connectivity index (χ1) is 9.49. The van der Waals surface area contributed by atoms with Crippen LogP contribution in [0.5, 0.6) is 0 Å². The molecule has 0 saturated heterocycles. The smallest absolute Gasteiger partial charge is 0.233 e. The van der Waals surface area contributed by atoms with Gasteiger partial charge in [0.05, 0.1) is 5.69 Å². The molecular weight excluding hydrogens is 266 g/mol. The van der Waals surface area contributed by atoms with Crippen molar-refractivity contribution in [2.24, 2.45) is 0 Å². The second kappa shape index (κ2) is 5.64. The molecule has 2 N–H and O–H groups in total. The molecule has 0 bridgehead atoms. The summed E-state index contributed by atoms with van der Waals surface area (Å²) in [6.07, 6.45) is 0. The van der Waals surface area contributed by atoms with Crippen molar-refractivity contribution in [3.63, 3.8) is 0 Å². The predicted octanol–water partition coefficient (Wildman–Crippen LogP) is 2.00. The molecule has 0 radical (unpaired) electrons. The minimum absolute atomic E-state index is 0.0874. The number of anilines is 4. The lowest BCUT2D eigenvalue weighted by atomic mass is 10.3.